The normalized spacial score (nSPS) is 10.1. The van der Waals surface area contributed by atoms with E-state index in [1.165, 1.54) is 24.3 Å². The largest absolute Gasteiger partial charge is 0.478 e. The number of aryl methyl sites for hydroxylation is 1. The summed E-state index contributed by atoms with van der Waals surface area (Å²) in [6.45, 7) is 0. The third-order valence-corrected chi connectivity index (χ3v) is 3.31. The van der Waals surface area contributed by atoms with Crippen molar-refractivity contribution in [1.82, 2.24) is 0 Å². The molecule has 2 N–H and O–H groups in total. The van der Waals surface area contributed by atoms with E-state index in [0.717, 1.165) is 5.56 Å². The summed E-state index contributed by atoms with van der Waals surface area (Å²) in [5.74, 6) is -1.56. The van der Waals surface area contributed by atoms with Crippen molar-refractivity contribution in [2.75, 3.05) is 5.32 Å². The van der Waals surface area contributed by atoms with E-state index in [0.29, 0.717) is 18.5 Å². The first-order valence-corrected chi connectivity index (χ1v) is 7.23. The van der Waals surface area contributed by atoms with Crippen LogP contribution in [0, 0.1) is 0 Å². The van der Waals surface area contributed by atoms with Crippen molar-refractivity contribution in [3.8, 4) is 0 Å². The minimum absolute atomic E-state index is 0.131. The Hall–Kier alpha value is -2.95. The van der Waals surface area contributed by atoms with E-state index < -0.39 is 11.9 Å². The van der Waals surface area contributed by atoms with Crippen molar-refractivity contribution >= 4 is 23.3 Å². The van der Waals surface area contributed by atoms with Crippen molar-refractivity contribution in [2.24, 2.45) is 0 Å². The van der Waals surface area contributed by atoms with Gasteiger partial charge in [-0.3, -0.25) is 9.59 Å². The molecule has 1 amide bonds. The highest BCUT2D eigenvalue weighted by molar-refractivity contribution is 6.04. The first-order valence-electron chi connectivity index (χ1n) is 7.23. The summed E-state index contributed by atoms with van der Waals surface area (Å²) >= 11 is 0. The van der Waals surface area contributed by atoms with E-state index in [2.05, 4.69) is 5.32 Å². The number of carbonyl (C=O) groups is 3. The fraction of sp³-hybridized carbons (Fsp3) is 0.167. The number of benzene rings is 2. The maximum absolute atomic E-state index is 11.8. The van der Waals surface area contributed by atoms with Gasteiger partial charge >= 0.3 is 5.97 Å². The second-order valence-electron chi connectivity index (χ2n) is 5.13. The predicted molar refractivity (Wildman–Crippen MR) is 86.4 cm³/mol. The van der Waals surface area contributed by atoms with Crippen LogP contribution in [0.3, 0.4) is 0 Å². The molecule has 2 aromatic carbocycles. The molecule has 0 aromatic heterocycles. The molecule has 5 nitrogen and oxygen atoms in total. The van der Waals surface area contributed by atoms with E-state index in [9.17, 15) is 14.4 Å². The van der Waals surface area contributed by atoms with Crippen LogP contribution in [0.4, 0.5) is 5.69 Å². The van der Waals surface area contributed by atoms with E-state index in [1.807, 2.05) is 30.3 Å². The molecule has 2 aromatic rings. The number of hydrogen-bond donors (Lipinski definition) is 2. The number of Topliss-reactive ketones (excluding diaryl/α,β-unsaturated/α-hetero) is 1. The lowest BCUT2D eigenvalue weighted by atomic mass is 10.1. The van der Waals surface area contributed by atoms with Crippen LogP contribution < -0.4 is 5.32 Å². The van der Waals surface area contributed by atoms with Crippen LogP contribution in [0.5, 0.6) is 0 Å². The quantitative estimate of drug-likeness (QED) is 0.770. The maximum atomic E-state index is 11.8. The lowest BCUT2D eigenvalue weighted by Crippen LogP contribution is -2.16. The van der Waals surface area contributed by atoms with Crippen LogP contribution in [0.1, 0.15) is 28.8 Å². The molecule has 0 spiro atoms. The minimum atomic E-state index is -1.03. The molecule has 0 atom stereocenters. The smallest absolute Gasteiger partial charge is 0.335 e. The van der Waals surface area contributed by atoms with E-state index in [-0.39, 0.29) is 17.8 Å². The Labute approximate surface area is 134 Å². The Morgan fingerprint density at radius 3 is 2.17 bits per heavy atom. The maximum Gasteiger partial charge on any atom is 0.335 e. The second kappa shape index (κ2) is 7.89. The molecule has 0 aliphatic carbocycles. The Balaban J connectivity index is 1.79. The molecule has 0 fully saturated rings. The zero-order valence-corrected chi connectivity index (χ0v) is 12.5. The number of nitrogens with one attached hydrogen (secondary N) is 1. The van der Waals surface area contributed by atoms with Gasteiger partial charge in [0.2, 0.25) is 5.91 Å². The van der Waals surface area contributed by atoms with Crippen LogP contribution in [0.25, 0.3) is 0 Å². The van der Waals surface area contributed by atoms with E-state index in [1.54, 1.807) is 0 Å². The predicted octanol–water partition coefficient (Wildman–Crippen LogP) is 2.92. The van der Waals surface area contributed by atoms with Crippen LogP contribution >= 0.6 is 0 Å². The monoisotopic (exact) mass is 311 g/mol. The average Bonchev–Trinajstić information content (AvgIpc) is 2.54. The molecule has 0 aliphatic rings. The van der Waals surface area contributed by atoms with Crippen molar-refractivity contribution in [3.05, 3.63) is 65.7 Å². The van der Waals surface area contributed by atoms with Crippen molar-refractivity contribution < 1.29 is 19.5 Å². The Bertz CT molecular complexity index is 693. The fourth-order valence-corrected chi connectivity index (χ4v) is 2.10. The van der Waals surface area contributed by atoms with Gasteiger partial charge in [-0.15, -0.1) is 0 Å². The zero-order chi connectivity index (χ0) is 16.7. The SMILES string of the molecule is O=C(CCc1ccccc1)CC(=O)Nc1ccc(C(=O)O)cc1. The number of hydrogen-bond acceptors (Lipinski definition) is 3. The van der Waals surface area contributed by atoms with Gasteiger partial charge in [-0.2, -0.15) is 0 Å². The van der Waals surface area contributed by atoms with Gasteiger partial charge in [-0.1, -0.05) is 30.3 Å². The molecular formula is C18H17NO4. The second-order valence-corrected chi connectivity index (χ2v) is 5.13. The third kappa shape index (κ3) is 5.39. The van der Waals surface area contributed by atoms with Crippen LogP contribution in [-0.2, 0) is 16.0 Å². The molecule has 0 aliphatic heterocycles. The van der Waals surface area contributed by atoms with Crippen molar-refractivity contribution in [3.63, 3.8) is 0 Å². The molecule has 23 heavy (non-hydrogen) atoms. The summed E-state index contributed by atoms with van der Waals surface area (Å²) in [4.78, 5) is 34.4. The lowest BCUT2D eigenvalue weighted by molar-refractivity contribution is -0.125. The minimum Gasteiger partial charge on any atom is -0.478 e. The fourth-order valence-electron chi connectivity index (χ4n) is 2.10. The summed E-state index contributed by atoms with van der Waals surface area (Å²) in [5.41, 5.74) is 1.67. The lowest BCUT2D eigenvalue weighted by Gasteiger charge is -2.05. The van der Waals surface area contributed by atoms with Gasteiger partial charge in [0.05, 0.1) is 12.0 Å². The first kappa shape index (κ1) is 16.4. The first-order chi connectivity index (χ1) is 11.0. The van der Waals surface area contributed by atoms with Gasteiger partial charge in [0, 0.05) is 12.1 Å². The number of rotatable bonds is 7. The summed E-state index contributed by atoms with van der Waals surface area (Å²) in [7, 11) is 0. The van der Waals surface area contributed by atoms with Gasteiger partial charge in [-0.05, 0) is 36.2 Å². The molecule has 2 rings (SSSR count). The van der Waals surface area contributed by atoms with Crippen molar-refractivity contribution in [2.45, 2.75) is 19.3 Å². The molecule has 0 unspecified atom stereocenters. The van der Waals surface area contributed by atoms with Gasteiger partial charge < -0.3 is 10.4 Å². The molecule has 5 heteroatoms. The molecule has 118 valence electrons. The van der Waals surface area contributed by atoms with Gasteiger partial charge in [0.15, 0.2) is 0 Å². The van der Waals surface area contributed by atoms with Gasteiger partial charge in [0.1, 0.15) is 5.78 Å². The van der Waals surface area contributed by atoms with Crippen LogP contribution in [0.2, 0.25) is 0 Å². The van der Waals surface area contributed by atoms with Crippen molar-refractivity contribution in [1.29, 1.82) is 0 Å². The number of amides is 1. The number of ketones is 1. The topological polar surface area (TPSA) is 83.5 Å². The molecule has 0 saturated heterocycles. The van der Waals surface area contributed by atoms with E-state index in [4.69, 9.17) is 5.11 Å². The number of carboxylic acid groups (broad SMARTS) is 1. The highest BCUT2D eigenvalue weighted by atomic mass is 16.4. The summed E-state index contributed by atoms with van der Waals surface area (Å²) < 4.78 is 0. The van der Waals surface area contributed by atoms with Crippen LogP contribution in [0.15, 0.2) is 54.6 Å². The number of anilines is 1. The molecule has 0 radical (unpaired) electrons. The molecule has 0 bridgehead atoms. The van der Waals surface area contributed by atoms with E-state index >= 15 is 0 Å². The standard InChI is InChI=1S/C18H17NO4/c20-16(11-6-13-4-2-1-3-5-13)12-17(21)19-15-9-7-14(8-10-15)18(22)23/h1-5,7-10H,6,11-12H2,(H,19,21)(H,22,23). The number of carbonyl (C=O) groups excluding carboxylic acids is 2. The third-order valence-electron chi connectivity index (χ3n) is 3.31. The summed E-state index contributed by atoms with van der Waals surface area (Å²) in [5, 5.41) is 11.4. The average molecular weight is 311 g/mol. The highest BCUT2D eigenvalue weighted by Crippen LogP contribution is 2.10. The highest BCUT2D eigenvalue weighted by Gasteiger charge is 2.10. The van der Waals surface area contributed by atoms with Gasteiger partial charge in [0.25, 0.3) is 0 Å². The van der Waals surface area contributed by atoms with Crippen LogP contribution in [-0.4, -0.2) is 22.8 Å². The molecule has 0 heterocycles. The number of aromatic carboxylic acids is 1. The summed E-state index contributed by atoms with van der Waals surface area (Å²) in [6.07, 6.45) is 0.739. The Morgan fingerprint density at radius 2 is 1.57 bits per heavy atom. The zero-order valence-electron chi connectivity index (χ0n) is 12.5. The number of carboxylic acids is 1. The molecular weight excluding hydrogens is 294 g/mol. The molecule has 0 saturated carbocycles. The Kier molecular flexibility index (Phi) is 5.63. The van der Waals surface area contributed by atoms with Gasteiger partial charge in [-0.25, -0.2) is 4.79 Å². The summed E-state index contributed by atoms with van der Waals surface area (Å²) in [6, 6.07) is 15.4. The Morgan fingerprint density at radius 1 is 0.913 bits per heavy atom.